The van der Waals surface area contributed by atoms with Gasteiger partial charge in [-0.3, -0.25) is 25.0 Å². The second kappa shape index (κ2) is 9.97. The number of carbonyl (C=O) groups excluding carboxylic acids is 1. The topological polar surface area (TPSA) is 125 Å². The lowest BCUT2D eigenvalue weighted by atomic mass is 10.1. The zero-order valence-corrected chi connectivity index (χ0v) is 16.4. The summed E-state index contributed by atoms with van der Waals surface area (Å²) in [4.78, 5) is 33.1. The van der Waals surface area contributed by atoms with Crippen molar-refractivity contribution >= 4 is 23.0 Å². The molecular weight excluding hydrogens is 402 g/mol. The molecule has 0 radical (unpaired) electrons. The summed E-state index contributed by atoms with van der Waals surface area (Å²) in [7, 11) is 0. The Labute approximate surface area is 177 Å². The minimum Gasteiger partial charge on any atom is -0.491 e. The van der Waals surface area contributed by atoms with E-state index >= 15 is 0 Å². The third-order valence-electron chi connectivity index (χ3n) is 4.43. The number of anilines is 1. The summed E-state index contributed by atoms with van der Waals surface area (Å²) in [5, 5.41) is 24.7. The lowest BCUT2D eigenvalue weighted by Crippen LogP contribution is -2.14. The average Bonchev–Trinajstić information content (AvgIpc) is 2.78. The highest BCUT2D eigenvalue weighted by Crippen LogP contribution is 2.27. The van der Waals surface area contributed by atoms with E-state index < -0.39 is 27.1 Å². The molecule has 0 saturated heterocycles. The number of nitrogens with one attached hydrogen (secondary N) is 1. The molecule has 0 aliphatic heterocycles. The van der Waals surface area contributed by atoms with E-state index in [1.165, 1.54) is 5.56 Å². The number of hydrogen-bond acceptors (Lipinski definition) is 6. The summed E-state index contributed by atoms with van der Waals surface area (Å²) in [6, 6.07) is 19.5. The van der Waals surface area contributed by atoms with Crippen LogP contribution in [0.15, 0.2) is 72.8 Å². The number of ether oxygens (including phenoxy) is 1. The van der Waals surface area contributed by atoms with Gasteiger partial charge < -0.3 is 10.1 Å². The fourth-order valence-electron chi connectivity index (χ4n) is 2.93. The van der Waals surface area contributed by atoms with E-state index in [-0.39, 0.29) is 5.56 Å². The molecule has 9 nitrogen and oxygen atoms in total. The quantitative estimate of drug-likeness (QED) is 0.301. The summed E-state index contributed by atoms with van der Waals surface area (Å²) in [5.41, 5.74) is 0.288. The molecule has 1 N–H and O–H groups in total. The molecule has 0 unspecified atom stereocenters. The maximum Gasteiger partial charge on any atom is 0.277 e. The number of non-ortho nitro benzene ring substituents is 2. The molecule has 0 spiro atoms. The number of nitrogens with zero attached hydrogens (tertiary/aromatic N) is 2. The molecule has 0 fully saturated rings. The monoisotopic (exact) mass is 421 g/mol. The standard InChI is InChI=1S/C22H19N3O6/c26-22(17-13-18(24(27)28)15-19(14-17)25(29)30)23-20-10-4-5-11-21(20)31-12-6-9-16-7-2-1-3-8-16/h1-5,7-8,10-11,13-15H,6,9,12H2,(H,23,26). The predicted molar refractivity (Wildman–Crippen MR) is 114 cm³/mol. The van der Waals surface area contributed by atoms with Crippen LogP contribution >= 0.6 is 0 Å². The molecule has 0 aliphatic carbocycles. The van der Waals surface area contributed by atoms with Gasteiger partial charge in [0.05, 0.1) is 33.8 Å². The number of benzene rings is 3. The molecular formula is C22H19N3O6. The van der Waals surface area contributed by atoms with Crippen LogP contribution in [-0.4, -0.2) is 22.4 Å². The first-order valence-corrected chi connectivity index (χ1v) is 9.45. The maximum atomic E-state index is 12.6. The van der Waals surface area contributed by atoms with E-state index in [2.05, 4.69) is 5.32 Å². The smallest absolute Gasteiger partial charge is 0.277 e. The first-order chi connectivity index (χ1) is 14.9. The zero-order chi connectivity index (χ0) is 22.2. The van der Waals surface area contributed by atoms with Crippen LogP contribution in [0.3, 0.4) is 0 Å². The lowest BCUT2D eigenvalue weighted by molar-refractivity contribution is -0.394. The minimum atomic E-state index is -0.784. The van der Waals surface area contributed by atoms with Crippen molar-refractivity contribution in [3.8, 4) is 5.75 Å². The van der Waals surface area contributed by atoms with E-state index in [4.69, 9.17) is 4.74 Å². The first kappa shape index (κ1) is 21.4. The van der Waals surface area contributed by atoms with Crippen molar-refractivity contribution in [2.24, 2.45) is 0 Å². The third-order valence-corrected chi connectivity index (χ3v) is 4.43. The number of amides is 1. The summed E-state index contributed by atoms with van der Waals surface area (Å²) in [6.07, 6.45) is 1.61. The van der Waals surface area contributed by atoms with Crippen molar-refractivity contribution < 1.29 is 19.4 Å². The summed E-state index contributed by atoms with van der Waals surface area (Å²) in [5.74, 6) is -0.282. The van der Waals surface area contributed by atoms with Gasteiger partial charge in [0, 0.05) is 12.1 Å². The third kappa shape index (κ3) is 5.86. The van der Waals surface area contributed by atoms with E-state index in [1.807, 2.05) is 30.3 Å². The van der Waals surface area contributed by atoms with Crippen LogP contribution in [0.2, 0.25) is 0 Å². The molecule has 0 atom stereocenters. The van der Waals surface area contributed by atoms with Crippen molar-refractivity contribution in [1.82, 2.24) is 0 Å². The van der Waals surface area contributed by atoms with E-state index in [1.54, 1.807) is 24.3 Å². The Morgan fingerprint density at radius 1 is 0.871 bits per heavy atom. The van der Waals surface area contributed by atoms with Crippen LogP contribution in [0.25, 0.3) is 0 Å². The van der Waals surface area contributed by atoms with Gasteiger partial charge >= 0.3 is 0 Å². The molecule has 3 aromatic rings. The highest BCUT2D eigenvalue weighted by Gasteiger charge is 2.20. The Kier molecular flexibility index (Phi) is 6.89. The van der Waals surface area contributed by atoms with Crippen LogP contribution < -0.4 is 10.1 Å². The van der Waals surface area contributed by atoms with Crippen molar-refractivity contribution in [1.29, 1.82) is 0 Å². The number of para-hydroxylation sites is 2. The van der Waals surface area contributed by atoms with Gasteiger partial charge in [-0.05, 0) is 30.5 Å². The minimum absolute atomic E-state index is 0.195. The van der Waals surface area contributed by atoms with Gasteiger partial charge in [-0.25, -0.2) is 0 Å². The van der Waals surface area contributed by atoms with Crippen LogP contribution in [-0.2, 0) is 6.42 Å². The predicted octanol–water partition coefficient (Wildman–Crippen LogP) is 4.77. The highest BCUT2D eigenvalue weighted by atomic mass is 16.6. The average molecular weight is 421 g/mol. The van der Waals surface area contributed by atoms with Crippen molar-refractivity contribution in [3.63, 3.8) is 0 Å². The Bertz CT molecular complexity index is 1070. The molecule has 3 rings (SSSR count). The van der Waals surface area contributed by atoms with Gasteiger partial charge in [0.25, 0.3) is 17.3 Å². The summed E-state index contributed by atoms with van der Waals surface area (Å²) >= 11 is 0. The Hall–Kier alpha value is -4.27. The molecule has 9 heteroatoms. The fourth-order valence-corrected chi connectivity index (χ4v) is 2.93. The van der Waals surface area contributed by atoms with Gasteiger partial charge in [0.2, 0.25) is 0 Å². The molecule has 3 aromatic carbocycles. The van der Waals surface area contributed by atoms with Crippen LogP contribution in [0.4, 0.5) is 17.1 Å². The van der Waals surface area contributed by atoms with Crippen molar-refractivity contribution in [2.45, 2.75) is 12.8 Å². The highest BCUT2D eigenvalue weighted by molar-refractivity contribution is 6.05. The second-order valence-electron chi connectivity index (χ2n) is 6.64. The van der Waals surface area contributed by atoms with Crippen LogP contribution in [0.1, 0.15) is 22.3 Å². The van der Waals surface area contributed by atoms with Gasteiger partial charge in [0.1, 0.15) is 5.75 Å². The van der Waals surface area contributed by atoms with Crippen molar-refractivity contribution in [3.05, 3.63) is 104 Å². The Morgan fingerprint density at radius 2 is 1.48 bits per heavy atom. The number of nitro groups is 2. The van der Waals surface area contributed by atoms with E-state index in [9.17, 15) is 25.0 Å². The molecule has 31 heavy (non-hydrogen) atoms. The molecule has 1 amide bonds. The maximum absolute atomic E-state index is 12.6. The van der Waals surface area contributed by atoms with Gasteiger partial charge in [-0.2, -0.15) is 0 Å². The zero-order valence-electron chi connectivity index (χ0n) is 16.4. The summed E-state index contributed by atoms with van der Waals surface area (Å²) < 4.78 is 5.79. The summed E-state index contributed by atoms with van der Waals surface area (Å²) in [6.45, 7) is 0.421. The molecule has 0 saturated carbocycles. The van der Waals surface area contributed by atoms with E-state index in [0.29, 0.717) is 18.0 Å². The van der Waals surface area contributed by atoms with Gasteiger partial charge in [-0.1, -0.05) is 42.5 Å². The number of nitro benzene ring substituents is 2. The molecule has 0 bridgehead atoms. The fraction of sp³-hybridized carbons (Fsp3) is 0.136. The van der Waals surface area contributed by atoms with Crippen LogP contribution in [0.5, 0.6) is 5.75 Å². The lowest BCUT2D eigenvalue weighted by Gasteiger charge is -2.12. The number of aryl methyl sites for hydroxylation is 1. The second-order valence-corrected chi connectivity index (χ2v) is 6.64. The molecule has 158 valence electrons. The number of rotatable bonds is 9. The number of carbonyl (C=O) groups is 1. The van der Waals surface area contributed by atoms with Gasteiger partial charge in [-0.15, -0.1) is 0 Å². The Morgan fingerprint density at radius 3 is 2.13 bits per heavy atom. The van der Waals surface area contributed by atoms with E-state index in [0.717, 1.165) is 31.0 Å². The molecule has 0 aromatic heterocycles. The number of hydrogen-bond donors (Lipinski definition) is 1. The van der Waals surface area contributed by atoms with Crippen molar-refractivity contribution in [2.75, 3.05) is 11.9 Å². The first-order valence-electron chi connectivity index (χ1n) is 9.45. The molecule has 0 aliphatic rings. The molecule has 0 heterocycles. The SMILES string of the molecule is O=C(Nc1ccccc1OCCCc1ccccc1)c1cc([N+](=O)[O-])cc([N+](=O)[O-])c1. The van der Waals surface area contributed by atoms with Crippen LogP contribution in [0, 0.1) is 20.2 Å². The van der Waals surface area contributed by atoms with Gasteiger partial charge in [0.15, 0.2) is 0 Å². The normalized spacial score (nSPS) is 10.3. The largest absolute Gasteiger partial charge is 0.491 e. The Balaban J connectivity index is 1.69.